The molecule has 1 aromatic rings. The summed E-state index contributed by atoms with van der Waals surface area (Å²) in [4.78, 5) is 0. The fraction of sp³-hybridized carbons (Fsp3) is 0.538. The Morgan fingerprint density at radius 3 is 1.67 bits per heavy atom. The van der Waals surface area contributed by atoms with Crippen molar-refractivity contribution in [3.05, 3.63) is 29.8 Å². The van der Waals surface area contributed by atoms with Gasteiger partial charge in [-0.25, -0.2) is 0 Å². The number of benzene rings is 1. The molecule has 0 aromatic heterocycles. The summed E-state index contributed by atoms with van der Waals surface area (Å²) in [5.74, 6) is -3.28. The minimum Gasteiger partial charge on any atom is -0.491 e. The molecular formula is C13H13ClF6O. The van der Waals surface area contributed by atoms with Crippen LogP contribution in [0, 0.1) is 5.92 Å². The van der Waals surface area contributed by atoms with Gasteiger partial charge in [0.05, 0.1) is 11.5 Å². The number of halogens is 7. The molecule has 120 valence electrons. The lowest BCUT2D eigenvalue weighted by Gasteiger charge is -2.27. The van der Waals surface area contributed by atoms with Crippen LogP contribution in [0.3, 0.4) is 0 Å². The van der Waals surface area contributed by atoms with Crippen LogP contribution in [0.1, 0.15) is 24.8 Å². The van der Waals surface area contributed by atoms with Crippen molar-refractivity contribution < 1.29 is 31.1 Å². The van der Waals surface area contributed by atoms with Gasteiger partial charge < -0.3 is 4.74 Å². The van der Waals surface area contributed by atoms with Crippen LogP contribution >= 0.6 is 11.6 Å². The molecule has 0 saturated heterocycles. The second kappa shape index (κ2) is 6.34. The molecule has 0 heterocycles. The van der Waals surface area contributed by atoms with Gasteiger partial charge in [-0.05, 0) is 31.5 Å². The second-order valence-corrected chi connectivity index (χ2v) is 5.17. The van der Waals surface area contributed by atoms with E-state index in [2.05, 4.69) is 0 Å². The zero-order valence-corrected chi connectivity index (χ0v) is 11.9. The molecule has 0 aliphatic rings. The third-order valence-electron chi connectivity index (χ3n) is 2.57. The Bertz CT molecular complexity index is 437. The van der Waals surface area contributed by atoms with Gasteiger partial charge in [0.2, 0.25) is 0 Å². The van der Waals surface area contributed by atoms with Crippen LogP contribution in [0.2, 0.25) is 0 Å². The van der Waals surface area contributed by atoms with Crippen LogP contribution < -0.4 is 4.74 Å². The van der Waals surface area contributed by atoms with Gasteiger partial charge >= 0.3 is 12.4 Å². The van der Waals surface area contributed by atoms with Gasteiger partial charge in [-0.15, -0.1) is 11.6 Å². The lowest BCUT2D eigenvalue weighted by molar-refractivity contribution is -0.284. The molecule has 0 fully saturated rings. The van der Waals surface area contributed by atoms with Crippen molar-refractivity contribution in [3.8, 4) is 5.75 Å². The van der Waals surface area contributed by atoms with Crippen LogP contribution in [0.4, 0.5) is 26.3 Å². The van der Waals surface area contributed by atoms with E-state index in [1.54, 1.807) is 13.8 Å². The summed E-state index contributed by atoms with van der Waals surface area (Å²) in [7, 11) is 0. The molecule has 0 spiro atoms. The molecule has 21 heavy (non-hydrogen) atoms. The van der Waals surface area contributed by atoms with Gasteiger partial charge in [0.15, 0.2) is 5.92 Å². The lowest BCUT2D eigenvalue weighted by atomic mass is 9.97. The first-order valence-corrected chi connectivity index (χ1v) is 6.40. The van der Waals surface area contributed by atoms with Crippen molar-refractivity contribution in [2.75, 3.05) is 0 Å². The smallest absolute Gasteiger partial charge is 0.402 e. The maximum Gasteiger partial charge on any atom is 0.402 e. The van der Waals surface area contributed by atoms with Crippen molar-refractivity contribution in [1.82, 2.24) is 0 Å². The Balaban J connectivity index is 3.02. The molecule has 0 aliphatic carbocycles. The van der Waals surface area contributed by atoms with E-state index in [9.17, 15) is 26.3 Å². The highest BCUT2D eigenvalue weighted by atomic mass is 35.5. The Morgan fingerprint density at radius 1 is 0.905 bits per heavy atom. The first-order valence-electron chi connectivity index (χ1n) is 5.97. The summed E-state index contributed by atoms with van der Waals surface area (Å²) in [5, 5.41) is -2.25. The second-order valence-electron chi connectivity index (χ2n) is 4.70. The van der Waals surface area contributed by atoms with Crippen LogP contribution in [0.25, 0.3) is 0 Å². The molecule has 0 saturated carbocycles. The fourth-order valence-corrected chi connectivity index (χ4v) is 2.14. The maximum absolute atomic E-state index is 12.6. The molecule has 1 rings (SSSR count). The van der Waals surface area contributed by atoms with Crippen molar-refractivity contribution in [2.45, 2.75) is 37.7 Å². The first-order chi connectivity index (χ1) is 9.43. The number of rotatable bonds is 4. The maximum atomic E-state index is 12.6. The average Bonchev–Trinajstić information content (AvgIpc) is 2.24. The standard InChI is InChI=1S/C13H13ClF6O/c1-7(2)21-9-5-3-8(4-6-9)10(14)11(12(15,16)17)13(18,19)20/h3-7,10-11H,1-2H3. The average molecular weight is 335 g/mol. The molecule has 1 aromatic carbocycles. The van der Waals surface area contributed by atoms with Crippen molar-refractivity contribution in [2.24, 2.45) is 5.92 Å². The summed E-state index contributed by atoms with van der Waals surface area (Å²) < 4.78 is 80.7. The molecule has 1 atom stereocenters. The third-order valence-corrected chi connectivity index (χ3v) is 3.07. The van der Waals surface area contributed by atoms with Crippen molar-refractivity contribution in [3.63, 3.8) is 0 Å². The molecule has 0 radical (unpaired) electrons. The molecule has 1 nitrogen and oxygen atoms in total. The van der Waals surface area contributed by atoms with E-state index >= 15 is 0 Å². The summed E-state index contributed by atoms with van der Waals surface area (Å²) >= 11 is 5.42. The van der Waals surface area contributed by atoms with E-state index in [-0.39, 0.29) is 11.7 Å². The number of hydrogen-bond donors (Lipinski definition) is 0. The zero-order valence-electron chi connectivity index (χ0n) is 11.1. The predicted octanol–water partition coefficient (Wildman–Crippen LogP) is 5.49. The first kappa shape index (κ1) is 17.9. The molecular weight excluding hydrogens is 322 g/mol. The van der Waals surface area contributed by atoms with Crippen molar-refractivity contribution in [1.29, 1.82) is 0 Å². The highest BCUT2D eigenvalue weighted by Crippen LogP contribution is 2.49. The van der Waals surface area contributed by atoms with Gasteiger partial charge in [0.1, 0.15) is 5.75 Å². The Kier molecular flexibility index (Phi) is 5.41. The van der Waals surface area contributed by atoms with E-state index in [0.717, 1.165) is 12.1 Å². The minimum absolute atomic E-state index is 0.166. The monoisotopic (exact) mass is 334 g/mol. The largest absolute Gasteiger partial charge is 0.491 e. The number of alkyl halides is 7. The van der Waals surface area contributed by atoms with Gasteiger partial charge in [0, 0.05) is 0 Å². The summed E-state index contributed by atoms with van der Waals surface area (Å²) in [5.41, 5.74) is -0.271. The van der Waals surface area contributed by atoms with Gasteiger partial charge in [-0.3, -0.25) is 0 Å². The highest BCUT2D eigenvalue weighted by molar-refractivity contribution is 6.21. The SMILES string of the molecule is CC(C)Oc1ccc(C(Cl)C(C(F)(F)F)C(F)(F)F)cc1. The molecule has 0 bridgehead atoms. The Labute approximate surface area is 122 Å². The van der Waals surface area contributed by atoms with Crippen LogP contribution in [-0.2, 0) is 0 Å². The van der Waals surface area contributed by atoms with Gasteiger partial charge in [0.25, 0.3) is 0 Å². The third kappa shape index (κ3) is 4.98. The van der Waals surface area contributed by atoms with Gasteiger partial charge in [-0.2, -0.15) is 26.3 Å². The normalized spacial score (nSPS) is 14.6. The quantitative estimate of drug-likeness (QED) is 0.522. The fourth-order valence-electron chi connectivity index (χ4n) is 1.71. The van der Waals surface area contributed by atoms with Gasteiger partial charge in [-0.1, -0.05) is 12.1 Å². The van der Waals surface area contributed by atoms with E-state index in [4.69, 9.17) is 16.3 Å². The molecule has 0 aliphatic heterocycles. The van der Waals surface area contributed by atoms with Crippen LogP contribution in [0.15, 0.2) is 24.3 Å². The predicted molar refractivity (Wildman–Crippen MR) is 66.4 cm³/mol. The summed E-state index contributed by atoms with van der Waals surface area (Å²) in [6, 6.07) is 4.77. The highest BCUT2D eigenvalue weighted by Gasteiger charge is 2.60. The molecule has 0 N–H and O–H groups in total. The Hall–Kier alpha value is -1.11. The minimum atomic E-state index is -5.47. The van der Waals surface area contributed by atoms with E-state index < -0.39 is 23.6 Å². The summed E-state index contributed by atoms with van der Waals surface area (Å²) in [6.07, 6.45) is -11.1. The number of ether oxygens (including phenoxy) is 1. The molecule has 0 amide bonds. The van der Waals surface area contributed by atoms with E-state index in [1.165, 1.54) is 12.1 Å². The topological polar surface area (TPSA) is 9.23 Å². The van der Waals surface area contributed by atoms with Crippen molar-refractivity contribution >= 4 is 11.6 Å². The van der Waals surface area contributed by atoms with Crippen LogP contribution in [-0.4, -0.2) is 18.5 Å². The summed E-state index contributed by atoms with van der Waals surface area (Å²) in [6.45, 7) is 3.48. The zero-order chi connectivity index (χ0) is 16.4. The molecule has 1 unspecified atom stereocenters. The van der Waals surface area contributed by atoms with E-state index in [1.807, 2.05) is 0 Å². The molecule has 8 heteroatoms. The van der Waals surface area contributed by atoms with Crippen LogP contribution in [0.5, 0.6) is 5.75 Å². The lowest BCUT2D eigenvalue weighted by Crippen LogP contribution is -2.39. The van der Waals surface area contributed by atoms with E-state index in [0.29, 0.717) is 5.75 Å². The Morgan fingerprint density at radius 2 is 1.33 bits per heavy atom. The number of hydrogen-bond acceptors (Lipinski definition) is 1.